The number of benzene rings is 2. The van der Waals surface area contributed by atoms with Crippen molar-refractivity contribution in [2.45, 2.75) is 66.6 Å². The molecule has 0 bridgehead atoms. The number of aromatic nitrogens is 3. The molecule has 0 aliphatic carbocycles. The van der Waals surface area contributed by atoms with Crippen LogP contribution in [0.3, 0.4) is 0 Å². The van der Waals surface area contributed by atoms with Crippen molar-refractivity contribution in [3.05, 3.63) is 109 Å². The Kier molecular flexibility index (Phi) is 11.3. The molecule has 0 spiro atoms. The molecule has 1 atom stereocenters. The average molecular weight is 790 g/mol. The molecular weight excluding hydrogens is 747 g/mol. The zero-order valence-corrected chi connectivity index (χ0v) is 31.0. The third-order valence-corrected chi connectivity index (χ3v) is 10.3. The minimum absolute atomic E-state index is 0. The Morgan fingerprint density at radius 1 is 0.778 bits per heavy atom. The molecular formula is C39H43IrN3OSi-2. The molecule has 45 heavy (non-hydrogen) atoms. The second-order valence-electron chi connectivity index (χ2n) is 13.4. The molecule has 0 aliphatic heterocycles. The number of hydrogen-bond donors (Lipinski definition) is 0. The summed E-state index contributed by atoms with van der Waals surface area (Å²) in [5.74, 6) is 1.72. The fourth-order valence-electron chi connectivity index (χ4n) is 5.50. The molecule has 235 valence electrons. The first-order valence-corrected chi connectivity index (χ1v) is 19.1. The van der Waals surface area contributed by atoms with Gasteiger partial charge in [0.25, 0.3) is 0 Å². The van der Waals surface area contributed by atoms with E-state index < -0.39 is 8.07 Å². The average Bonchev–Trinajstić information content (AvgIpc) is 3.39. The van der Waals surface area contributed by atoms with E-state index in [2.05, 4.69) is 112 Å². The van der Waals surface area contributed by atoms with E-state index in [0.717, 1.165) is 45.3 Å². The monoisotopic (exact) mass is 790 g/mol. The van der Waals surface area contributed by atoms with Crippen LogP contribution in [0.2, 0.25) is 19.6 Å². The summed E-state index contributed by atoms with van der Waals surface area (Å²) in [5.41, 5.74) is 8.13. The summed E-state index contributed by atoms with van der Waals surface area (Å²) < 4.78 is 6.00. The fraction of sp³-hybridized carbons (Fsp3) is 0.308. The van der Waals surface area contributed by atoms with E-state index in [0.29, 0.717) is 23.5 Å². The van der Waals surface area contributed by atoms with Gasteiger partial charge in [-0.25, -0.2) is 4.98 Å². The normalized spacial score (nSPS) is 12.2. The Hall–Kier alpha value is -3.44. The number of pyridine rings is 3. The van der Waals surface area contributed by atoms with Crippen molar-refractivity contribution in [1.29, 1.82) is 0 Å². The molecule has 2 aromatic carbocycles. The Morgan fingerprint density at radius 2 is 1.58 bits per heavy atom. The molecule has 0 aliphatic rings. The Balaban J connectivity index is 0.000000204. The molecule has 1 unspecified atom stereocenters. The minimum atomic E-state index is -1.34. The van der Waals surface area contributed by atoms with Crippen LogP contribution >= 0.6 is 0 Å². The van der Waals surface area contributed by atoms with Crippen LogP contribution < -0.4 is 5.19 Å². The van der Waals surface area contributed by atoms with E-state index in [1.807, 2.05) is 48.7 Å². The van der Waals surface area contributed by atoms with Gasteiger partial charge in [-0.05, 0) is 58.9 Å². The van der Waals surface area contributed by atoms with Crippen LogP contribution in [0.4, 0.5) is 0 Å². The molecule has 0 saturated heterocycles. The second-order valence-corrected chi connectivity index (χ2v) is 18.5. The van der Waals surface area contributed by atoms with Gasteiger partial charge in [0.2, 0.25) is 5.71 Å². The van der Waals surface area contributed by atoms with Crippen LogP contribution in [0.25, 0.3) is 44.6 Å². The maximum atomic E-state index is 6.00. The summed E-state index contributed by atoms with van der Waals surface area (Å²) in [6.07, 6.45) is 6.86. The summed E-state index contributed by atoms with van der Waals surface area (Å²) in [6.45, 7) is 18.5. The first-order chi connectivity index (χ1) is 21.0. The summed E-state index contributed by atoms with van der Waals surface area (Å²) in [5, 5.41) is 3.57. The van der Waals surface area contributed by atoms with Crippen molar-refractivity contribution < 1.29 is 24.5 Å². The van der Waals surface area contributed by atoms with Crippen molar-refractivity contribution in [3.63, 3.8) is 0 Å². The molecule has 6 aromatic rings. The number of furan rings is 1. The van der Waals surface area contributed by atoms with E-state index in [9.17, 15) is 0 Å². The molecule has 1 radical (unpaired) electrons. The van der Waals surface area contributed by atoms with Gasteiger partial charge in [0.15, 0.2) is 0 Å². The smallest absolute Gasteiger partial charge is 0.216 e. The van der Waals surface area contributed by atoms with Gasteiger partial charge in [0.1, 0.15) is 0 Å². The minimum Gasteiger partial charge on any atom is -0.486 e. The Morgan fingerprint density at radius 3 is 2.27 bits per heavy atom. The molecule has 6 heteroatoms. The van der Waals surface area contributed by atoms with Gasteiger partial charge in [-0.2, -0.15) is 0 Å². The number of fused-ring (bicyclic) bond motifs is 3. The quantitative estimate of drug-likeness (QED) is 0.119. The number of hydrogen-bond acceptors (Lipinski definition) is 4. The van der Waals surface area contributed by atoms with Crippen molar-refractivity contribution in [2.24, 2.45) is 11.8 Å². The van der Waals surface area contributed by atoms with Crippen molar-refractivity contribution in [1.82, 2.24) is 15.0 Å². The van der Waals surface area contributed by atoms with Gasteiger partial charge < -0.3 is 14.4 Å². The van der Waals surface area contributed by atoms with Gasteiger partial charge in [-0.1, -0.05) is 88.5 Å². The van der Waals surface area contributed by atoms with E-state index in [-0.39, 0.29) is 20.1 Å². The molecule has 0 fully saturated rings. The first-order valence-electron chi connectivity index (χ1n) is 15.6. The van der Waals surface area contributed by atoms with Gasteiger partial charge in [0, 0.05) is 44.1 Å². The van der Waals surface area contributed by atoms with Crippen LogP contribution in [0.1, 0.15) is 51.7 Å². The van der Waals surface area contributed by atoms with Gasteiger partial charge in [0.05, 0.1) is 13.7 Å². The Labute approximate surface area is 283 Å². The SMILES string of the molecule is CC(C)C(C)c1ccnc(-c2[c-]ccc3c2oc2ncccc23)c1.CC(C)Cc1cc(-c2[c-]cccc2)ncc1[Si](C)(C)C.[Ir]. The van der Waals surface area contributed by atoms with Crippen molar-refractivity contribution in [3.8, 4) is 22.5 Å². The van der Waals surface area contributed by atoms with E-state index in [1.165, 1.54) is 16.3 Å². The standard InChI is InChI=1S/C21H19N2O.C18H24NSi.Ir/c1-13(2)14(3)15-9-11-22-19(12-15)18-7-4-6-16-17-8-5-10-23-21(17)24-20(16)18;1-14(2)11-16-12-17(15-9-7-6-8-10-15)19-13-18(16)20(3,4)5;/h4-6,8-14H,1-3H3;6-9,12-14H,11H2,1-5H3;/q2*-1;. The molecule has 0 saturated carbocycles. The van der Waals surface area contributed by atoms with Crippen LogP contribution in [-0.4, -0.2) is 23.0 Å². The van der Waals surface area contributed by atoms with E-state index >= 15 is 0 Å². The molecule has 4 heterocycles. The van der Waals surface area contributed by atoms with Crippen LogP contribution in [0.15, 0.2) is 89.7 Å². The topological polar surface area (TPSA) is 51.8 Å². The third-order valence-electron chi connectivity index (χ3n) is 8.19. The molecule has 0 N–H and O–H groups in total. The summed E-state index contributed by atoms with van der Waals surface area (Å²) in [4.78, 5) is 13.6. The van der Waals surface area contributed by atoms with Crippen LogP contribution in [0.5, 0.6) is 0 Å². The van der Waals surface area contributed by atoms with Gasteiger partial charge in [-0.3, -0.25) is 0 Å². The van der Waals surface area contributed by atoms with Crippen LogP contribution in [-0.2, 0) is 26.5 Å². The van der Waals surface area contributed by atoms with E-state index in [1.54, 1.807) is 6.20 Å². The molecule has 4 aromatic heterocycles. The second kappa shape index (κ2) is 14.8. The molecule has 6 rings (SSSR count). The summed E-state index contributed by atoms with van der Waals surface area (Å²) in [6, 6.07) is 29.1. The Bertz CT molecular complexity index is 1860. The predicted octanol–water partition coefficient (Wildman–Crippen LogP) is 9.89. The van der Waals surface area contributed by atoms with Crippen molar-refractivity contribution >= 4 is 35.3 Å². The van der Waals surface area contributed by atoms with Gasteiger partial charge >= 0.3 is 0 Å². The maximum Gasteiger partial charge on any atom is 0.216 e. The van der Waals surface area contributed by atoms with Crippen molar-refractivity contribution in [2.75, 3.05) is 0 Å². The maximum absolute atomic E-state index is 6.00. The predicted molar refractivity (Wildman–Crippen MR) is 187 cm³/mol. The zero-order valence-electron chi connectivity index (χ0n) is 27.6. The largest absolute Gasteiger partial charge is 0.486 e. The molecule has 0 amide bonds. The summed E-state index contributed by atoms with van der Waals surface area (Å²) >= 11 is 0. The third kappa shape index (κ3) is 8.05. The zero-order chi connectivity index (χ0) is 31.4. The van der Waals surface area contributed by atoms with Gasteiger partial charge in [-0.15, -0.1) is 54.1 Å². The van der Waals surface area contributed by atoms with E-state index in [4.69, 9.17) is 4.42 Å². The first kappa shape index (κ1) is 34.4. The molecule has 4 nitrogen and oxygen atoms in total. The fourth-order valence-corrected chi connectivity index (χ4v) is 7.09. The number of nitrogens with zero attached hydrogens (tertiary/aromatic N) is 3. The number of rotatable bonds is 7. The van der Waals surface area contributed by atoms with Crippen LogP contribution in [0, 0.1) is 24.0 Å². The summed E-state index contributed by atoms with van der Waals surface area (Å²) in [7, 11) is -1.34.